The first-order valence-electron chi connectivity index (χ1n) is 9.10. The molecule has 0 N–H and O–H groups in total. The zero-order valence-corrected chi connectivity index (χ0v) is 15.9. The average molecular weight is 364 g/mol. The SMILES string of the molecule is Cc1cc2c(ccc3c4ccnc5c4c(cc23)Sc2ccccc2-5)c(C)n1. The number of aryl methyl sites for hydroxylation is 2. The van der Waals surface area contributed by atoms with Gasteiger partial charge in [-0.3, -0.25) is 9.97 Å². The third kappa shape index (κ3) is 2.03. The fourth-order valence-electron chi connectivity index (χ4n) is 4.36. The van der Waals surface area contributed by atoms with Crippen molar-refractivity contribution in [3.63, 3.8) is 0 Å². The number of hydrogen-bond donors (Lipinski definition) is 0. The topological polar surface area (TPSA) is 25.8 Å². The summed E-state index contributed by atoms with van der Waals surface area (Å²) in [5.74, 6) is 0. The van der Waals surface area contributed by atoms with Crippen LogP contribution in [-0.2, 0) is 0 Å². The Bertz CT molecular complexity index is 1420. The molecule has 3 heteroatoms. The van der Waals surface area contributed by atoms with Gasteiger partial charge in [0.05, 0.1) is 5.69 Å². The molecule has 0 bridgehead atoms. The molecule has 3 aromatic carbocycles. The normalized spacial score (nSPS) is 12.7. The Labute approximate surface area is 161 Å². The summed E-state index contributed by atoms with van der Waals surface area (Å²) in [7, 11) is 0. The number of benzene rings is 3. The van der Waals surface area contributed by atoms with Crippen molar-refractivity contribution in [2.24, 2.45) is 0 Å². The average Bonchev–Trinajstić information content (AvgIpc) is 2.68. The van der Waals surface area contributed by atoms with Crippen LogP contribution in [0, 0.1) is 13.8 Å². The Morgan fingerprint density at radius 2 is 1.56 bits per heavy atom. The lowest BCUT2D eigenvalue weighted by atomic mass is 9.94. The summed E-state index contributed by atoms with van der Waals surface area (Å²) in [4.78, 5) is 12.0. The summed E-state index contributed by atoms with van der Waals surface area (Å²) in [5, 5.41) is 7.66. The van der Waals surface area contributed by atoms with Crippen LogP contribution in [0.25, 0.3) is 43.6 Å². The first kappa shape index (κ1) is 15.2. The molecule has 1 aliphatic heterocycles. The van der Waals surface area contributed by atoms with Gasteiger partial charge in [-0.1, -0.05) is 42.1 Å². The van der Waals surface area contributed by atoms with E-state index in [0.29, 0.717) is 0 Å². The molecule has 5 aromatic rings. The molecule has 27 heavy (non-hydrogen) atoms. The Morgan fingerprint density at radius 1 is 0.741 bits per heavy atom. The van der Waals surface area contributed by atoms with Crippen LogP contribution < -0.4 is 0 Å². The maximum Gasteiger partial charge on any atom is 0.0803 e. The molecule has 0 radical (unpaired) electrons. The number of pyridine rings is 2. The lowest BCUT2D eigenvalue weighted by molar-refractivity contribution is 1.15. The van der Waals surface area contributed by atoms with Crippen LogP contribution in [0.15, 0.2) is 70.6 Å². The van der Waals surface area contributed by atoms with Crippen molar-refractivity contribution in [1.82, 2.24) is 9.97 Å². The van der Waals surface area contributed by atoms with Crippen molar-refractivity contribution in [3.05, 3.63) is 72.2 Å². The second-order valence-corrected chi connectivity index (χ2v) is 8.24. The van der Waals surface area contributed by atoms with Crippen molar-refractivity contribution >= 4 is 44.1 Å². The van der Waals surface area contributed by atoms with E-state index in [1.54, 1.807) is 0 Å². The molecule has 0 atom stereocenters. The van der Waals surface area contributed by atoms with Crippen LogP contribution >= 0.6 is 11.8 Å². The Morgan fingerprint density at radius 3 is 2.48 bits per heavy atom. The van der Waals surface area contributed by atoms with E-state index in [0.717, 1.165) is 17.1 Å². The van der Waals surface area contributed by atoms with E-state index in [-0.39, 0.29) is 0 Å². The van der Waals surface area contributed by atoms with Crippen LogP contribution in [0.4, 0.5) is 0 Å². The largest absolute Gasteiger partial charge is 0.258 e. The predicted molar refractivity (Wildman–Crippen MR) is 114 cm³/mol. The maximum absolute atomic E-state index is 4.75. The van der Waals surface area contributed by atoms with Crippen molar-refractivity contribution in [2.75, 3.05) is 0 Å². The first-order chi connectivity index (χ1) is 13.2. The molecule has 0 fully saturated rings. The van der Waals surface area contributed by atoms with Gasteiger partial charge in [0.25, 0.3) is 0 Å². The molecule has 0 saturated carbocycles. The lowest BCUT2D eigenvalue weighted by Crippen LogP contribution is -1.96. The molecule has 0 amide bonds. The van der Waals surface area contributed by atoms with Gasteiger partial charge in [0.2, 0.25) is 0 Å². The maximum atomic E-state index is 4.75. The zero-order chi connectivity index (χ0) is 18.1. The van der Waals surface area contributed by atoms with Gasteiger partial charge < -0.3 is 0 Å². The molecule has 0 spiro atoms. The fraction of sp³-hybridized carbons (Fsp3) is 0.0833. The molecule has 2 nitrogen and oxygen atoms in total. The summed E-state index contributed by atoms with van der Waals surface area (Å²) in [6.45, 7) is 4.17. The van der Waals surface area contributed by atoms with Gasteiger partial charge >= 0.3 is 0 Å². The minimum Gasteiger partial charge on any atom is -0.258 e. The van der Waals surface area contributed by atoms with Crippen molar-refractivity contribution in [1.29, 1.82) is 0 Å². The molecule has 6 rings (SSSR count). The number of rotatable bonds is 0. The van der Waals surface area contributed by atoms with Gasteiger partial charge in [-0.05, 0) is 59.7 Å². The second kappa shape index (κ2) is 5.30. The lowest BCUT2D eigenvalue weighted by Gasteiger charge is -2.21. The van der Waals surface area contributed by atoms with Crippen molar-refractivity contribution in [3.8, 4) is 11.3 Å². The van der Waals surface area contributed by atoms with Gasteiger partial charge in [0.1, 0.15) is 0 Å². The molecular formula is C24H16N2S. The van der Waals surface area contributed by atoms with Gasteiger partial charge in [0.15, 0.2) is 0 Å². The highest BCUT2D eigenvalue weighted by molar-refractivity contribution is 7.99. The van der Waals surface area contributed by atoms with E-state index >= 15 is 0 Å². The molecule has 1 aliphatic rings. The summed E-state index contributed by atoms with van der Waals surface area (Å²) in [6.07, 6.45) is 1.95. The third-order valence-corrected chi connectivity index (χ3v) is 6.62. The number of fused-ring (bicyclic) bond motifs is 6. The minimum absolute atomic E-state index is 1.06. The van der Waals surface area contributed by atoms with Crippen LogP contribution in [-0.4, -0.2) is 9.97 Å². The van der Waals surface area contributed by atoms with E-state index in [9.17, 15) is 0 Å². The van der Waals surface area contributed by atoms with E-state index in [1.165, 1.54) is 47.7 Å². The van der Waals surface area contributed by atoms with Crippen LogP contribution in [0.3, 0.4) is 0 Å². The molecule has 0 unspecified atom stereocenters. The van der Waals surface area contributed by atoms with Crippen LogP contribution in [0.5, 0.6) is 0 Å². The van der Waals surface area contributed by atoms with Crippen molar-refractivity contribution in [2.45, 2.75) is 23.6 Å². The standard InChI is InChI=1S/C24H16N2S/c1-13-11-19-15(14(2)26-13)7-8-16-17-9-10-25-24-18-5-3-4-6-21(18)27-22(23(17)24)12-20(16)19/h3-12H,1-2H3. The number of aromatic nitrogens is 2. The third-order valence-electron chi connectivity index (χ3n) is 5.50. The van der Waals surface area contributed by atoms with E-state index < -0.39 is 0 Å². The molecule has 2 aromatic heterocycles. The first-order valence-corrected chi connectivity index (χ1v) is 9.92. The summed E-state index contributed by atoms with van der Waals surface area (Å²) >= 11 is 1.85. The highest BCUT2D eigenvalue weighted by Gasteiger charge is 2.22. The highest BCUT2D eigenvalue weighted by atomic mass is 32.2. The summed E-state index contributed by atoms with van der Waals surface area (Å²) < 4.78 is 0. The number of hydrogen-bond acceptors (Lipinski definition) is 3. The van der Waals surface area contributed by atoms with E-state index in [1.807, 2.05) is 18.0 Å². The minimum atomic E-state index is 1.06. The molecule has 0 saturated heterocycles. The highest BCUT2D eigenvalue weighted by Crippen LogP contribution is 2.49. The van der Waals surface area contributed by atoms with Gasteiger partial charge in [-0.2, -0.15) is 0 Å². The zero-order valence-electron chi connectivity index (χ0n) is 15.1. The Hall–Kier alpha value is -2.91. The van der Waals surface area contributed by atoms with E-state index in [4.69, 9.17) is 4.98 Å². The second-order valence-electron chi connectivity index (χ2n) is 7.16. The molecule has 128 valence electrons. The molecular weight excluding hydrogens is 348 g/mol. The van der Waals surface area contributed by atoms with Crippen LogP contribution in [0.2, 0.25) is 0 Å². The van der Waals surface area contributed by atoms with E-state index in [2.05, 4.69) is 73.4 Å². The van der Waals surface area contributed by atoms with Crippen LogP contribution in [0.1, 0.15) is 11.4 Å². The fourth-order valence-corrected chi connectivity index (χ4v) is 5.50. The van der Waals surface area contributed by atoms with Gasteiger partial charge in [-0.25, -0.2) is 0 Å². The summed E-state index contributed by atoms with van der Waals surface area (Å²) in [5.41, 5.74) is 4.49. The predicted octanol–water partition coefficient (Wildman–Crippen LogP) is 6.68. The molecule has 3 heterocycles. The van der Waals surface area contributed by atoms with Crippen molar-refractivity contribution < 1.29 is 0 Å². The summed E-state index contributed by atoms with van der Waals surface area (Å²) in [6, 6.07) is 19.7. The quantitative estimate of drug-likeness (QED) is 0.281. The number of nitrogens with zero attached hydrogens (tertiary/aromatic N) is 2. The Balaban J connectivity index is 1.84. The van der Waals surface area contributed by atoms with Gasteiger partial charge in [-0.15, -0.1) is 0 Å². The monoisotopic (exact) mass is 364 g/mol. The smallest absolute Gasteiger partial charge is 0.0803 e. The molecule has 0 aliphatic carbocycles. The van der Waals surface area contributed by atoms with Gasteiger partial charge in [0, 0.05) is 43.7 Å². The Kier molecular flexibility index (Phi) is 2.98.